The van der Waals surface area contributed by atoms with E-state index in [4.69, 9.17) is 16.8 Å². The zero-order chi connectivity index (χ0) is 37.0. The van der Waals surface area contributed by atoms with Gasteiger partial charge in [0.05, 0.1) is 16.6 Å². The highest BCUT2D eigenvalue weighted by Crippen LogP contribution is 2.46. The number of aromatic nitrogens is 2. The first-order valence-electron chi connectivity index (χ1n) is 18.3. The fraction of sp³-hybridized carbons (Fsp3) is 0. The van der Waals surface area contributed by atoms with Gasteiger partial charge in [0, 0.05) is 32.7 Å². The summed E-state index contributed by atoms with van der Waals surface area (Å²) < 4.78 is 18.0. The van der Waals surface area contributed by atoms with E-state index >= 15 is 4.57 Å². The van der Waals surface area contributed by atoms with Crippen molar-refractivity contribution in [2.45, 2.75) is 0 Å². The quantitative estimate of drug-likeness (QED) is 0.120. The van der Waals surface area contributed by atoms with E-state index in [0.717, 1.165) is 81.3 Å². The van der Waals surface area contributed by atoms with E-state index in [1.807, 2.05) is 78.9 Å². The lowest BCUT2D eigenvalue weighted by Gasteiger charge is -2.25. The van der Waals surface area contributed by atoms with Crippen LogP contribution in [-0.4, -0.2) is 9.38 Å². The number of imidazole rings is 1. The molecule has 0 N–H and O–H groups in total. The average molecular weight is 761 g/mol. The summed E-state index contributed by atoms with van der Waals surface area (Å²) in [5, 5.41) is 8.96. The van der Waals surface area contributed by atoms with Crippen molar-refractivity contribution in [3.05, 3.63) is 206 Å². The molecule has 0 atom stereocenters. The molecule has 262 valence electrons. The van der Waals surface area contributed by atoms with Crippen molar-refractivity contribution in [2.24, 2.45) is 0 Å². The molecule has 0 unspecified atom stereocenters. The third kappa shape index (κ3) is 5.44. The Morgan fingerprint density at radius 1 is 0.400 bits per heavy atom. The second-order valence-electron chi connectivity index (χ2n) is 13.8. The maximum atomic E-state index is 15.7. The van der Waals surface area contributed by atoms with E-state index in [2.05, 4.69) is 132 Å². The molecule has 10 rings (SSSR count). The Kier molecular flexibility index (Phi) is 8.23. The van der Waals surface area contributed by atoms with E-state index in [1.165, 1.54) is 0 Å². The molecule has 0 saturated carbocycles. The summed E-state index contributed by atoms with van der Waals surface area (Å²) in [5.74, 6) is 0. The van der Waals surface area contributed by atoms with Crippen LogP contribution in [0, 0.1) is 0 Å². The van der Waals surface area contributed by atoms with Gasteiger partial charge in [-0.15, -0.1) is 0 Å². The molecule has 0 bridgehead atoms. The predicted molar refractivity (Wildman–Crippen MR) is 239 cm³/mol. The molecule has 10 aromatic rings. The van der Waals surface area contributed by atoms with Gasteiger partial charge in [-0.3, -0.25) is 4.40 Å². The van der Waals surface area contributed by atoms with Crippen LogP contribution in [0.3, 0.4) is 0 Å². The predicted octanol–water partition coefficient (Wildman–Crippen LogP) is 9.86. The first-order chi connectivity index (χ1) is 27.0. The molecule has 6 heteroatoms. The minimum Gasteiger partial charge on any atom is -0.309 e. The lowest BCUT2D eigenvalue weighted by molar-refractivity contribution is 0.592. The van der Waals surface area contributed by atoms with Crippen molar-refractivity contribution >= 4 is 95.2 Å². The molecule has 0 aliphatic carbocycles. The lowest BCUT2D eigenvalue weighted by Crippen LogP contribution is -2.25. The van der Waals surface area contributed by atoms with Crippen LogP contribution in [0.5, 0.6) is 0 Å². The van der Waals surface area contributed by atoms with Gasteiger partial charge in [0.25, 0.3) is 0 Å². The van der Waals surface area contributed by atoms with Crippen LogP contribution in [0.15, 0.2) is 206 Å². The second kappa shape index (κ2) is 13.4. The van der Waals surface area contributed by atoms with Crippen LogP contribution in [0.4, 0.5) is 0 Å². The van der Waals surface area contributed by atoms with Crippen molar-refractivity contribution < 1.29 is 4.57 Å². The molecule has 0 spiro atoms. The summed E-state index contributed by atoms with van der Waals surface area (Å²) in [5.41, 5.74) is 5.93. The van der Waals surface area contributed by atoms with Gasteiger partial charge < -0.3 is 4.57 Å². The molecule has 0 aliphatic rings. The van der Waals surface area contributed by atoms with Gasteiger partial charge in [0.2, 0.25) is 0 Å². The Morgan fingerprint density at radius 3 is 1.49 bits per heavy atom. The number of hydrogen-bond acceptors (Lipinski definition) is 3. The normalized spacial score (nSPS) is 12.1. The monoisotopic (exact) mass is 760 g/mol. The van der Waals surface area contributed by atoms with Crippen molar-refractivity contribution in [1.82, 2.24) is 9.38 Å². The van der Waals surface area contributed by atoms with E-state index in [0.29, 0.717) is 0 Å². The van der Waals surface area contributed by atoms with E-state index < -0.39 is 13.2 Å². The fourth-order valence-corrected chi connectivity index (χ4v) is 14.4. The van der Waals surface area contributed by atoms with Gasteiger partial charge in [-0.05, 0) is 56.7 Å². The summed E-state index contributed by atoms with van der Waals surface area (Å²) in [6, 6.07) is 68.5. The topological polar surface area (TPSA) is 34.4 Å². The number of hydrogen-bond donors (Lipinski definition) is 0. The Bertz CT molecular complexity index is 3050. The van der Waals surface area contributed by atoms with Crippen LogP contribution in [0.25, 0.3) is 49.5 Å². The molecule has 0 fully saturated rings. The van der Waals surface area contributed by atoms with Crippen LogP contribution in [0.1, 0.15) is 0 Å². The Balaban J connectivity index is 1.31. The van der Waals surface area contributed by atoms with Crippen molar-refractivity contribution in [3.63, 3.8) is 0 Å². The number of nitrogens with zero attached hydrogens (tertiary/aromatic N) is 2. The van der Waals surface area contributed by atoms with Gasteiger partial charge in [0.1, 0.15) is 5.65 Å². The fourth-order valence-electron chi connectivity index (χ4n) is 8.03. The third-order valence-electron chi connectivity index (χ3n) is 10.7. The maximum Gasteiger partial charge on any atom is 0.171 e. The average Bonchev–Trinajstić information content (AvgIpc) is 3.66. The number of rotatable bonds is 7. The highest BCUT2D eigenvalue weighted by molar-refractivity contribution is 8.25. The minimum atomic E-state index is -3.26. The van der Waals surface area contributed by atoms with Crippen molar-refractivity contribution in [1.29, 1.82) is 0 Å². The molecule has 0 amide bonds. The summed E-state index contributed by atoms with van der Waals surface area (Å²) in [7, 11) is -3.26. The van der Waals surface area contributed by atoms with Gasteiger partial charge in [-0.25, -0.2) is 4.98 Å². The third-order valence-corrected chi connectivity index (χ3v) is 18.7. The molecule has 0 saturated heterocycles. The smallest absolute Gasteiger partial charge is 0.171 e. The largest absolute Gasteiger partial charge is 0.309 e. The Hall–Kier alpha value is -5.89. The zero-order valence-corrected chi connectivity index (χ0v) is 32.3. The number of pyridine rings is 1. The second-order valence-corrected chi connectivity index (χ2v) is 21.0. The first-order valence-corrected chi connectivity index (χ1v) is 22.9. The summed E-state index contributed by atoms with van der Waals surface area (Å²) in [6.45, 7) is 0. The standard InChI is InChI=1S/C49H34N2OP2S/c52-53(37-18-8-2-9-19-37,38-20-10-3-11-21-38)41-27-30-44-43-29-28-42(54(55,39-22-12-4-13-23-39)40-24-14-5-15-25-40)33-45(43)49-50-46-31-26-36(35-16-6-1-7-17-35)32-48(46)51(49)47(44)34-41/h1-34H. The van der Waals surface area contributed by atoms with Crippen LogP contribution >= 0.6 is 13.2 Å². The lowest BCUT2D eigenvalue weighted by atomic mass is 10.0. The number of benzene rings is 8. The zero-order valence-electron chi connectivity index (χ0n) is 29.7. The molecule has 2 aromatic heterocycles. The summed E-state index contributed by atoms with van der Waals surface area (Å²) in [6.07, 6.45) is 0. The molecule has 55 heavy (non-hydrogen) atoms. The number of fused-ring (bicyclic) bond motifs is 8. The highest BCUT2D eigenvalue weighted by Gasteiger charge is 2.31. The van der Waals surface area contributed by atoms with Gasteiger partial charge >= 0.3 is 0 Å². The summed E-state index contributed by atoms with van der Waals surface area (Å²) >= 11 is 6.82. The Labute approximate surface area is 325 Å². The highest BCUT2D eigenvalue weighted by atomic mass is 32.4. The first kappa shape index (κ1) is 33.7. The van der Waals surface area contributed by atoms with E-state index in [1.54, 1.807) is 0 Å². The van der Waals surface area contributed by atoms with Gasteiger partial charge in [-0.2, -0.15) is 0 Å². The molecular weight excluding hydrogens is 727 g/mol. The van der Waals surface area contributed by atoms with E-state index in [9.17, 15) is 0 Å². The molecule has 8 aromatic carbocycles. The maximum absolute atomic E-state index is 15.7. The van der Waals surface area contributed by atoms with E-state index in [-0.39, 0.29) is 0 Å². The van der Waals surface area contributed by atoms with Gasteiger partial charge in [-0.1, -0.05) is 194 Å². The summed E-state index contributed by atoms with van der Waals surface area (Å²) in [4.78, 5) is 5.38. The molecule has 0 radical (unpaired) electrons. The van der Waals surface area contributed by atoms with Crippen LogP contribution < -0.4 is 31.8 Å². The SMILES string of the molecule is O=P(c1ccccc1)(c1ccccc1)c1ccc2c3ccc(P(=S)(c4ccccc4)c4ccccc4)cc3c3nc4ccc(-c5ccccc5)cc4n3c2c1. The Morgan fingerprint density at radius 2 is 0.909 bits per heavy atom. The molecule has 3 nitrogen and oxygen atoms in total. The van der Waals surface area contributed by atoms with Crippen molar-refractivity contribution in [3.8, 4) is 11.1 Å². The van der Waals surface area contributed by atoms with Crippen LogP contribution in [0.2, 0.25) is 0 Å². The molecular formula is C49H34N2OP2S. The minimum absolute atomic E-state index is 0.777. The molecule has 0 aliphatic heterocycles. The molecule has 2 heterocycles. The van der Waals surface area contributed by atoms with Gasteiger partial charge in [0.15, 0.2) is 7.14 Å². The van der Waals surface area contributed by atoms with Crippen molar-refractivity contribution in [2.75, 3.05) is 0 Å². The van der Waals surface area contributed by atoms with Crippen LogP contribution in [-0.2, 0) is 16.4 Å².